The first-order valence-electron chi connectivity index (χ1n) is 3.21. The fourth-order valence-corrected chi connectivity index (χ4v) is 1.57. The van der Waals surface area contributed by atoms with Crippen molar-refractivity contribution >= 4 is 7.80 Å². The molecule has 1 atom stereocenters. The lowest BCUT2D eigenvalue weighted by atomic mass is 10.2. The van der Waals surface area contributed by atoms with Gasteiger partial charge in [-0.1, -0.05) is 34.9 Å². The van der Waals surface area contributed by atoms with Gasteiger partial charge < -0.3 is 0 Å². The zero-order chi connectivity index (χ0) is 7.40. The molecular formula is C8H10OP+. The first-order chi connectivity index (χ1) is 4.79. The second kappa shape index (κ2) is 3.48. The van der Waals surface area contributed by atoms with Gasteiger partial charge in [-0.2, -0.15) is 0 Å². The highest BCUT2D eigenvalue weighted by Gasteiger charge is 2.05. The van der Waals surface area contributed by atoms with E-state index in [-0.39, 0.29) is 0 Å². The Labute approximate surface area is 61.9 Å². The zero-order valence-corrected chi connectivity index (χ0v) is 6.84. The van der Waals surface area contributed by atoms with Crippen LogP contribution in [-0.4, -0.2) is 6.66 Å². The molecule has 0 bridgehead atoms. The molecule has 0 heterocycles. The van der Waals surface area contributed by atoms with E-state index in [0.29, 0.717) is 6.16 Å². The Hall–Kier alpha value is -0.680. The van der Waals surface area contributed by atoms with Crippen molar-refractivity contribution in [3.05, 3.63) is 35.9 Å². The van der Waals surface area contributed by atoms with E-state index in [1.165, 1.54) is 0 Å². The van der Waals surface area contributed by atoms with Crippen LogP contribution < -0.4 is 0 Å². The SMILES string of the molecule is C[P+](=O)Cc1ccccc1. The summed E-state index contributed by atoms with van der Waals surface area (Å²) in [5, 5.41) is 0. The van der Waals surface area contributed by atoms with Crippen molar-refractivity contribution in [3.63, 3.8) is 0 Å². The van der Waals surface area contributed by atoms with Gasteiger partial charge in [0.2, 0.25) is 0 Å². The molecule has 0 N–H and O–H groups in total. The first kappa shape index (κ1) is 7.43. The van der Waals surface area contributed by atoms with Crippen molar-refractivity contribution < 1.29 is 4.57 Å². The summed E-state index contributed by atoms with van der Waals surface area (Å²) in [6, 6.07) is 9.89. The molecule has 0 radical (unpaired) electrons. The quantitative estimate of drug-likeness (QED) is 0.597. The lowest BCUT2D eigenvalue weighted by Crippen LogP contribution is -1.75. The molecule has 1 nitrogen and oxygen atoms in total. The highest BCUT2D eigenvalue weighted by molar-refractivity contribution is 7.42. The molecular weight excluding hydrogens is 143 g/mol. The fraction of sp³-hybridized carbons (Fsp3) is 0.250. The van der Waals surface area contributed by atoms with E-state index in [1.54, 1.807) is 6.66 Å². The molecule has 0 amide bonds. The topological polar surface area (TPSA) is 17.1 Å². The summed E-state index contributed by atoms with van der Waals surface area (Å²) in [5.41, 5.74) is 1.16. The summed E-state index contributed by atoms with van der Waals surface area (Å²) in [7, 11) is -1.03. The molecule has 0 aromatic heterocycles. The Morgan fingerprint density at radius 2 is 1.90 bits per heavy atom. The van der Waals surface area contributed by atoms with Crippen LogP contribution in [0.15, 0.2) is 30.3 Å². The molecule has 0 aliphatic rings. The van der Waals surface area contributed by atoms with Crippen molar-refractivity contribution in [2.75, 3.05) is 6.66 Å². The van der Waals surface area contributed by atoms with E-state index in [2.05, 4.69) is 0 Å². The van der Waals surface area contributed by atoms with Crippen LogP contribution in [0.4, 0.5) is 0 Å². The Balaban J connectivity index is 2.67. The average Bonchev–Trinajstić information content (AvgIpc) is 1.88. The maximum absolute atomic E-state index is 10.8. The van der Waals surface area contributed by atoms with Crippen LogP contribution >= 0.6 is 7.80 Å². The smallest absolute Gasteiger partial charge is 0.0748 e. The zero-order valence-electron chi connectivity index (χ0n) is 5.95. The molecule has 0 saturated heterocycles. The van der Waals surface area contributed by atoms with Gasteiger partial charge in [-0.05, 0) is 5.56 Å². The predicted molar refractivity (Wildman–Crippen MR) is 43.7 cm³/mol. The van der Waals surface area contributed by atoms with Crippen molar-refractivity contribution in [2.24, 2.45) is 0 Å². The average molecular weight is 153 g/mol. The third-order valence-corrected chi connectivity index (χ3v) is 2.06. The minimum atomic E-state index is -1.03. The van der Waals surface area contributed by atoms with E-state index in [9.17, 15) is 4.57 Å². The lowest BCUT2D eigenvalue weighted by molar-refractivity contribution is 0.590. The number of hydrogen-bond donors (Lipinski definition) is 0. The van der Waals surface area contributed by atoms with Crippen molar-refractivity contribution in [2.45, 2.75) is 6.16 Å². The van der Waals surface area contributed by atoms with Gasteiger partial charge in [0.15, 0.2) is 6.16 Å². The van der Waals surface area contributed by atoms with Gasteiger partial charge in [0.1, 0.15) is 6.66 Å². The fourth-order valence-electron chi connectivity index (χ4n) is 0.841. The Morgan fingerprint density at radius 3 is 2.40 bits per heavy atom. The first-order valence-corrected chi connectivity index (χ1v) is 5.10. The summed E-state index contributed by atoms with van der Waals surface area (Å²) in [4.78, 5) is 0. The van der Waals surface area contributed by atoms with Crippen LogP contribution in [0.3, 0.4) is 0 Å². The summed E-state index contributed by atoms with van der Waals surface area (Å²) in [6.45, 7) is 1.75. The minimum Gasteiger partial charge on any atom is -0.0748 e. The molecule has 0 saturated carbocycles. The molecule has 52 valence electrons. The summed E-state index contributed by atoms with van der Waals surface area (Å²) in [6.07, 6.45) is 0.705. The minimum absolute atomic E-state index is 0.705. The Morgan fingerprint density at radius 1 is 1.30 bits per heavy atom. The molecule has 0 fully saturated rings. The highest BCUT2D eigenvalue weighted by Crippen LogP contribution is 2.20. The van der Waals surface area contributed by atoms with Crippen LogP contribution in [0.1, 0.15) is 5.56 Å². The van der Waals surface area contributed by atoms with Crippen LogP contribution in [0.2, 0.25) is 0 Å². The summed E-state index contributed by atoms with van der Waals surface area (Å²) < 4.78 is 10.8. The van der Waals surface area contributed by atoms with Crippen molar-refractivity contribution in [3.8, 4) is 0 Å². The summed E-state index contributed by atoms with van der Waals surface area (Å²) >= 11 is 0. The van der Waals surface area contributed by atoms with E-state index >= 15 is 0 Å². The molecule has 0 aliphatic carbocycles. The predicted octanol–water partition coefficient (Wildman–Crippen LogP) is 2.64. The van der Waals surface area contributed by atoms with Crippen molar-refractivity contribution in [1.29, 1.82) is 0 Å². The molecule has 1 rings (SSSR count). The maximum Gasteiger partial charge on any atom is 0.340 e. The Kier molecular flexibility index (Phi) is 2.58. The van der Waals surface area contributed by atoms with E-state index in [4.69, 9.17) is 0 Å². The molecule has 1 aromatic rings. The Bertz CT molecular complexity index is 218. The largest absolute Gasteiger partial charge is 0.340 e. The molecule has 2 heteroatoms. The standard InChI is InChI=1S/C8H10OP/c1-10(9)7-8-5-3-2-4-6-8/h2-6H,7H2,1H3/q+1. The van der Waals surface area contributed by atoms with E-state index in [0.717, 1.165) is 5.56 Å². The van der Waals surface area contributed by atoms with E-state index < -0.39 is 7.80 Å². The number of benzene rings is 1. The highest BCUT2D eigenvalue weighted by atomic mass is 31.1. The molecule has 0 spiro atoms. The van der Waals surface area contributed by atoms with Gasteiger partial charge in [-0.25, -0.2) is 0 Å². The van der Waals surface area contributed by atoms with Crippen LogP contribution in [0.5, 0.6) is 0 Å². The third kappa shape index (κ3) is 2.28. The monoisotopic (exact) mass is 153 g/mol. The van der Waals surface area contributed by atoms with Gasteiger partial charge in [0.25, 0.3) is 0 Å². The van der Waals surface area contributed by atoms with Gasteiger partial charge in [-0.15, -0.1) is 0 Å². The molecule has 10 heavy (non-hydrogen) atoms. The van der Waals surface area contributed by atoms with Gasteiger partial charge in [0.05, 0.1) is 0 Å². The molecule has 1 unspecified atom stereocenters. The van der Waals surface area contributed by atoms with Crippen LogP contribution in [-0.2, 0) is 10.7 Å². The van der Waals surface area contributed by atoms with Crippen molar-refractivity contribution in [1.82, 2.24) is 0 Å². The number of rotatable bonds is 2. The van der Waals surface area contributed by atoms with E-state index in [1.807, 2.05) is 30.3 Å². The molecule has 1 aromatic carbocycles. The van der Waals surface area contributed by atoms with Crippen LogP contribution in [0, 0.1) is 0 Å². The second-order valence-electron chi connectivity index (χ2n) is 2.27. The lowest BCUT2D eigenvalue weighted by Gasteiger charge is -1.87. The summed E-state index contributed by atoms with van der Waals surface area (Å²) in [5.74, 6) is 0. The van der Waals surface area contributed by atoms with Gasteiger partial charge in [-0.3, -0.25) is 0 Å². The van der Waals surface area contributed by atoms with Gasteiger partial charge in [0, 0.05) is 0 Å². The third-order valence-electron chi connectivity index (χ3n) is 1.25. The number of hydrogen-bond acceptors (Lipinski definition) is 1. The molecule has 0 aliphatic heterocycles. The van der Waals surface area contributed by atoms with Crippen LogP contribution in [0.25, 0.3) is 0 Å². The normalized spacial score (nSPS) is 11.1. The second-order valence-corrected chi connectivity index (χ2v) is 3.84. The van der Waals surface area contributed by atoms with Gasteiger partial charge >= 0.3 is 7.80 Å². The maximum atomic E-state index is 10.8.